The number of hydrogen-bond acceptors (Lipinski definition) is 5. The summed E-state index contributed by atoms with van der Waals surface area (Å²) in [4.78, 5) is 33.3. The van der Waals surface area contributed by atoms with Crippen molar-refractivity contribution in [1.82, 2.24) is 0 Å². The van der Waals surface area contributed by atoms with Crippen LogP contribution in [0.5, 0.6) is 0 Å². The number of aliphatic hydroxyl groups excluding tert-OH is 1. The molecule has 104 valence electrons. The zero-order valence-corrected chi connectivity index (χ0v) is 10.7. The molecule has 0 unspecified atom stereocenters. The third-order valence-corrected chi connectivity index (χ3v) is 3.17. The molecular weight excluding hydrogens is 262 g/mol. The third kappa shape index (κ3) is 2.90. The number of rotatable bonds is 3. The number of aliphatic hydroxyl groups is 1. The van der Waals surface area contributed by atoms with Gasteiger partial charge in [-0.3, -0.25) is 19.7 Å². The van der Waals surface area contributed by atoms with Crippen LogP contribution in [0.25, 0.3) is 0 Å². The summed E-state index contributed by atoms with van der Waals surface area (Å²) in [5.74, 6) is -0.921. The second-order valence-corrected chi connectivity index (χ2v) is 4.62. The summed E-state index contributed by atoms with van der Waals surface area (Å²) in [6.45, 7) is 0. The Morgan fingerprint density at radius 2 is 1.70 bits per heavy atom. The van der Waals surface area contributed by atoms with Crippen LogP contribution in [-0.4, -0.2) is 21.6 Å². The van der Waals surface area contributed by atoms with E-state index in [9.17, 15) is 24.8 Å². The van der Waals surface area contributed by atoms with E-state index in [0.29, 0.717) is 12.0 Å². The minimum atomic E-state index is -0.518. The molecule has 1 aromatic carbocycles. The molecule has 0 atom stereocenters. The fourth-order valence-electron chi connectivity index (χ4n) is 2.15. The van der Waals surface area contributed by atoms with Gasteiger partial charge in [0.15, 0.2) is 11.6 Å². The van der Waals surface area contributed by atoms with Gasteiger partial charge in [-0.15, -0.1) is 0 Å². The van der Waals surface area contributed by atoms with E-state index < -0.39 is 4.92 Å². The first-order valence-corrected chi connectivity index (χ1v) is 6.21. The monoisotopic (exact) mass is 275 g/mol. The molecule has 0 amide bonds. The Morgan fingerprint density at radius 3 is 2.20 bits per heavy atom. The third-order valence-electron chi connectivity index (χ3n) is 3.17. The van der Waals surface area contributed by atoms with Crippen molar-refractivity contribution < 1.29 is 19.6 Å². The molecule has 1 aromatic rings. The quantitative estimate of drug-likeness (QED) is 0.300. The molecule has 0 aromatic heterocycles. The van der Waals surface area contributed by atoms with Gasteiger partial charge in [0.2, 0.25) is 0 Å². The van der Waals surface area contributed by atoms with Crippen LogP contribution in [0.15, 0.2) is 35.6 Å². The largest absolute Gasteiger partial charge is 0.511 e. The van der Waals surface area contributed by atoms with Crippen LogP contribution in [0.3, 0.4) is 0 Å². The Labute approximate surface area is 114 Å². The van der Waals surface area contributed by atoms with Gasteiger partial charge in [-0.2, -0.15) is 0 Å². The van der Waals surface area contributed by atoms with E-state index >= 15 is 0 Å². The van der Waals surface area contributed by atoms with Crippen molar-refractivity contribution in [3.8, 4) is 0 Å². The van der Waals surface area contributed by atoms with Crippen LogP contribution in [0.1, 0.15) is 24.8 Å². The van der Waals surface area contributed by atoms with E-state index in [2.05, 4.69) is 0 Å². The number of ketones is 2. The van der Waals surface area contributed by atoms with Gasteiger partial charge in [0, 0.05) is 31.4 Å². The van der Waals surface area contributed by atoms with Crippen LogP contribution >= 0.6 is 0 Å². The van der Waals surface area contributed by atoms with Gasteiger partial charge in [-0.1, -0.05) is 12.1 Å². The topological polar surface area (TPSA) is 97.5 Å². The van der Waals surface area contributed by atoms with Gasteiger partial charge in [-0.25, -0.2) is 0 Å². The lowest BCUT2D eigenvalue weighted by Gasteiger charge is -2.13. The maximum Gasteiger partial charge on any atom is 0.269 e. The lowest BCUT2D eigenvalue weighted by Crippen LogP contribution is -2.21. The van der Waals surface area contributed by atoms with E-state index in [4.69, 9.17) is 0 Å². The lowest BCUT2D eigenvalue weighted by atomic mass is 9.90. The summed E-state index contributed by atoms with van der Waals surface area (Å²) < 4.78 is 0. The van der Waals surface area contributed by atoms with Crippen molar-refractivity contribution in [2.75, 3.05) is 0 Å². The molecule has 0 spiro atoms. The number of nitro benzene ring substituents is 1. The van der Waals surface area contributed by atoms with Gasteiger partial charge in [0.05, 0.1) is 10.5 Å². The molecule has 6 heteroatoms. The first-order chi connectivity index (χ1) is 9.49. The van der Waals surface area contributed by atoms with Gasteiger partial charge >= 0.3 is 0 Å². The van der Waals surface area contributed by atoms with Crippen molar-refractivity contribution in [3.63, 3.8) is 0 Å². The number of nitro groups is 1. The highest BCUT2D eigenvalue weighted by Crippen LogP contribution is 2.22. The summed E-state index contributed by atoms with van der Waals surface area (Å²) in [5, 5.41) is 20.5. The smallest absolute Gasteiger partial charge is 0.269 e. The Kier molecular flexibility index (Phi) is 3.93. The number of non-ortho nitro benzene ring substituents is 1. The van der Waals surface area contributed by atoms with Gasteiger partial charge < -0.3 is 5.11 Å². The van der Waals surface area contributed by atoms with Gasteiger partial charge in [0.1, 0.15) is 5.76 Å². The van der Waals surface area contributed by atoms with E-state index in [-0.39, 0.29) is 47.8 Å². The highest BCUT2D eigenvalue weighted by atomic mass is 16.6. The Hall–Kier alpha value is -2.50. The molecule has 0 saturated heterocycles. The molecule has 1 saturated carbocycles. The van der Waals surface area contributed by atoms with E-state index in [0.717, 1.165) is 0 Å². The zero-order valence-electron chi connectivity index (χ0n) is 10.7. The summed E-state index contributed by atoms with van der Waals surface area (Å²) in [5.41, 5.74) is 0.437. The maximum atomic E-state index is 11.7. The van der Waals surface area contributed by atoms with E-state index in [1.54, 1.807) is 0 Å². The average molecular weight is 275 g/mol. The normalized spacial score (nSPS) is 15.3. The molecule has 0 radical (unpaired) electrons. The fraction of sp³-hybridized carbons (Fsp3) is 0.286. The number of allylic oxidation sites excluding steroid dienone is 2. The van der Waals surface area contributed by atoms with Gasteiger partial charge in [0.25, 0.3) is 5.69 Å². The molecule has 0 bridgehead atoms. The van der Waals surface area contributed by atoms with Crippen LogP contribution < -0.4 is 0 Å². The molecule has 1 aliphatic rings. The number of nitrogens with zero attached hydrogens (tertiary/aromatic N) is 1. The second-order valence-electron chi connectivity index (χ2n) is 4.62. The molecule has 2 rings (SSSR count). The molecular formula is C14H13NO5. The lowest BCUT2D eigenvalue weighted by molar-refractivity contribution is -0.384. The van der Waals surface area contributed by atoms with Crippen molar-refractivity contribution in [2.45, 2.75) is 25.7 Å². The first kappa shape index (κ1) is 13.9. The number of benzene rings is 1. The maximum absolute atomic E-state index is 11.7. The number of Topliss-reactive ketones (excluding diaryl/α,β-unsaturated/α-hetero) is 2. The Morgan fingerprint density at radius 1 is 1.15 bits per heavy atom. The van der Waals surface area contributed by atoms with Crippen molar-refractivity contribution >= 4 is 17.3 Å². The Balaban J connectivity index is 2.21. The minimum Gasteiger partial charge on any atom is -0.511 e. The minimum absolute atomic E-state index is 0.0187. The number of carbonyl (C=O) groups excluding carboxylic acids is 2. The van der Waals surface area contributed by atoms with Crippen molar-refractivity contribution in [3.05, 3.63) is 51.3 Å². The molecule has 0 heterocycles. The molecule has 20 heavy (non-hydrogen) atoms. The molecule has 6 nitrogen and oxygen atoms in total. The standard InChI is InChI=1S/C14H13NO5/c16-11-2-1-3-12(17)14(11)13(18)8-9-4-6-10(7-5-9)15(19)20/h4-7,18H,1-3,8H2. The van der Waals surface area contributed by atoms with Crippen LogP contribution in [0, 0.1) is 10.1 Å². The zero-order chi connectivity index (χ0) is 14.7. The number of hydrogen-bond donors (Lipinski definition) is 1. The van der Waals surface area contributed by atoms with Crippen LogP contribution in [0.2, 0.25) is 0 Å². The van der Waals surface area contributed by atoms with Crippen molar-refractivity contribution in [1.29, 1.82) is 0 Å². The highest BCUT2D eigenvalue weighted by Gasteiger charge is 2.26. The average Bonchev–Trinajstić information content (AvgIpc) is 2.39. The summed E-state index contributed by atoms with van der Waals surface area (Å²) in [6.07, 6.45) is 1.08. The molecule has 0 aliphatic heterocycles. The number of carbonyl (C=O) groups is 2. The first-order valence-electron chi connectivity index (χ1n) is 6.21. The van der Waals surface area contributed by atoms with Crippen LogP contribution in [-0.2, 0) is 16.0 Å². The van der Waals surface area contributed by atoms with E-state index in [1.807, 2.05) is 0 Å². The Bertz CT molecular complexity index is 582. The van der Waals surface area contributed by atoms with E-state index in [1.165, 1.54) is 24.3 Å². The SMILES string of the molecule is O=C1CCCC(=O)C1=C(O)Cc1ccc([N+](=O)[O-])cc1. The highest BCUT2D eigenvalue weighted by molar-refractivity contribution is 6.22. The predicted molar refractivity (Wildman–Crippen MR) is 70.3 cm³/mol. The molecule has 1 aliphatic carbocycles. The van der Waals surface area contributed by atoms with Crippen LogP contribution in [0.4, 0.5) is 5.69 Å². The van der Waals surface area contributed by atoms with Crippen molar-refractivity contribution in [2.24, 2.45) is 0 Å². The predicted octanol–water partition coefficient (Wildman–Crippen LogP) is 2.27. The molecule has 1 N–H and O–H groups in total. The van der Waals surface area contributed by atoms with Gasteiger partial charge in [-0.05, 0) is 12.0 Å². The fourth-order valence-corrected chi connectivity index (χ4v) is 2.15. The summed E-state index contributed by atoms with van der Waals surface area (Å²) >= 11 is 0. The summed E-state index contributed by atoms with van der Waals surface area (Å²) in [6, 6.07) is 5.62. The summed E-state index contributed by atoms with van der Waals surface area (Å²) in [7, 11) is 0. The second kappa shape index (κ2) is 5.64. The molecule has 1 fully saturated rings.